The second-order valence-corrected chi connectivity index (χ2v) is 3.27. The summed E-state index contributed by atoms with van der Waals surface area (Å²) in [6, 6.07) is 0. The number of nitriles is 1. The van der Waals surface area contributed by atoms with Gasteiger partial charge in [-0.3, -0.25) is 0 Å². The fraction of sp³-hybridized carbons (Fsp3) is 0.500. The highest BCUT2D eigenvalue weighted by Crippen LogP contribution is 2.34. The van der Waals surface area contributed by atoms with E-state index in [1.54, 1.807) is 0 Å². The highest BCUT2D eigenvalue weighted by atomic mass is 35.5. The van der Waals surface area contributed by atoms with Crippen LogP contribution in [0.15, 0.2) is 0 Å². The smallest absolute Gasteiger partial charge is 0.194 e. The maximum atomic E-state index is 11.7. The van der Waals surface area contributed by atoms with Crippen molar-refractivity contribution in [2.75, 3.05) is 0 Å². The quantitative estimate of drug-likeness (QED) is 0.433. The van der Waals surface area contributed by atoms with E-state index in [0.717, 1.165) is 0 Å². The van der Waals surface area contributed by atoms with E-state index in [1.807, 2.05) is 0 Å². The number of rotatable bonds is 1. The van der Waals surface area contributed by atoms with Gasteiger partial charge in [0.2, 0.25) is 0 Å². The summed E-state index contributed by atoms with van der Waals surface area (Å²) in [5.74, 6) is 0. The monoisotopic (exact) mass is 159 g/mol. The highest BCUT2D eigenvalue weighted by molar-refractivity contribution is 8.07. The minimum atomic E-state index is -2.45. The number of thiocyanates is 1. The Morgan fingerprint density at radius 3 is 2.14 bits per heavy atom. The molecule has 0 saturated carbocycles. The molecule has 0 spiro atoms. The Morgan fingerprint density at radius 2 is 2.14 bits per heavy atom. The summed E-state index contributed by atoms with van der Waals surface area (Å²) in [4.78, 5) is 0. The third-order valence-corrected chi connectivity index (χ3v) is 0.947. The molecule has 0 fully saturated rings. The fourth-order valence-electron chi connectivity index (χ4n) is 0.0518. The first-order chi connectivity index (χ1) is 3.06. The lowest BCUT2D eigenvalue weighted by Gasteiger charge is -1.97. The molecule has 0 aromatic carbocycles. The van der Waals surface area contributed by atoms with Gasteiger partial charge < -0.3 is 0 Å². The molecular weight excluding hydrogens is 160 g/mol. The first kappa shape index (κ1) is 7.35. The predicted octanol–water partition coefficient (Wildman–Crippen LogP) is 2.26. The van der Waals surface area contributed by atoms with Crippen LogP contribution in [-0.4, -0.2) is 3.92 Å². The van der Waals surface area contributed by atoms with Crippen molar-refractivity contribution >= 4 is 35.0 Å². The molecule has 0 unspecified atom stereocenters. The molecule has 0 saturated heterocycles. The highest BCUT2D eigenvalue weighted by Gasteiger charge is 2.22. The van der Waals surface area contributed by atoms with Crippen molar-refractivity contribution in [2.45, 2.75) is 3.92 Å². The third kappa shape index (κ3) is 6.35. The SMILES string of the molecule is N#CSC(F)(Cl)Cl. The Morgan fingerprint density at radius 1 is 1.71 bits per heavy atom. The predicted molar refractivity (Wildman–Crippen MR) is 28.7 cm³/mol. The molecule has 0 aromatic heterocycles. The van der Waals surface area contributed by atoms with E-state index >= 15 is 0 Å². The van der Waals surface area contributed by atoms with Crippen LogP contribution in [0, 0.1) is 10.7 Å². The Bertz CT molecular complexity index is 92.8. The molecule has 5 heteroatoms. The number of alkyl halides is 3. The average Bonchev–Trinajstić information content (AvgIpc) is 1.30. The molecule has 1 nitrogen and oxygen atoms in total. The molecule has 0 aliphatic heterocycles. The first-order valence-electron chi connectivity index (χ1n) is 1.20. The molecule has 0 amide bonds. The van der Waals surface area contributed by atoms with Gasteiger partial charge >= 0.3 is 3.92 Å². The Labute approximate surface area is 54.4 Å². The maximum Gasteiger partial charge on any atom is 0.318 e. The van der Waals surface area contributed by atoms with Crippen LogP contribution in [0.4, 0.5) is 4.39 Å². The lowest BCUT2D eigenvalue weighted by Crippen LogP contribution is -1.91. The summed E-state index contributed by atoms with van der Waals surface area (Å²) in [7, 11) is 0. The zero-order valence-corrected chi connectivity index (χ0v) is 5.32. The summed E-state index contributed by atoms with van der Waals surface area (Å²) < 4.78 is 9.21. The normalized spacial score (nSPS) is 10.6. The van der Waals surface area contributed by atoms with Crippen molar-refractivity contribution < 1.29 is 4.39 Å². The average molecular weight is 160 g/mol. The van der Waals surface area contributed by atoms with Crippen molar-refractivity contribution in [1.29, 1.82) is 5.26 Å². The summed E-state index contributed by atoms with van der Waals surface area (Å²) in [6.45, 7) is 0. The van der Waals surface area contributed by atoms with Gasteiger partial charge in [0.05, 0.1) is 0 Å². The van der Waals surface area contributed by atoms with E-state index in [-0.39, 0.29) is 11.8 Å². The molecule has 0 heterocycles. The number of hydrogen-bond donors (Lipinski definition) is 0. The fourth-order valence-corrected chi connectivity index (χ4v) is 0.362. The molecule has 0 N–H and O–H groups in total. The maximum absolute atomic E-state index is 11.7. The van der Waals surface area contributed by atoms with Gasteiger partial charge in [0.25, 0.3) is 0 Å². The van der Waals surface area contributed by atoms with Crippen molar-refractivity contribution in [3.63, 3.8) is 0 Å². The minimum absolute atomic E-state index is 0.158. The van der Waals surface area contributed by atoms with E-state index in [0.29, 0.717) is 0 Å². The van der Waals surface area contributed by atoms with Crippen molar-refractivity contribution in [1.82, 2.24) is 0 Å². The summed E-state index contributed by atoms with van der Waals surface area (Å²) >= 11 is 9.50. The van der Waals surface area contributed by atoms with E-state index in [1.165, 1.54) is 5.40 Å². The lowest BCUT2D eigenvalue weighted by atomic mass is 11.7. The van der Waals surface area contributed by atoms with Gasteiger partial charge in [-0.15, -0.1) is 0 Å². The Kier molecular flexibility index (Phi) is 2.74. The molecule has 0 rings (SSSR count). The van der Waals surface area contributed by atoms with Crippen molar-refractivity contribution in [2.24, 2.45) is 0 Å². The van der Waals surface area contributed by atoms with Gasteiger partial charge in [0.15, 0.2) is 0 Å². The number of thioether (sulfide) groups is 1. The first-order valence-corrected chi connectivity index (χ1v) is 2.77. The zero-order chi connectivity index (χ0) is 5.91. The molecule has 0 aliphatic rings. The summed E-state index contributed by atoms with van der Waals surface area (Å²) in [5.41, 5.74) is 0. The Balaban J connectivity index is 3.40. The van der Waals surface area contributed by atoms with Gasteiger partial charge in [-0.2, -0.15) is 9.65 Å². The van der Waals surface area contributed by atoms with Crippen molar-refractivity contribution in [3.8, 4) is 5.40 Å². The van der Waals surface area contributed by atoms with Crippen LogP contribution in [0.1, 0.15) is 0 Å². The molecule has 0 bridgehead atoms. The zero-order valence-electron chi connectivity index (χ0n) is 2.99. The van der Waals surface area contributed by atoms with E-state index in [9.17, 15) is 4.39 Å². The van der Waals surface area contributed by atoms with E-state index < -0.39 is 3.92 Å². The van der Waals surface area contributed by atoms with Gasteiger partial charge in [-0.1, -0.05) is 23.2 Å². The van der Waals surface area contributed by atoms with Gasteiger partial charge in [0.1, 0.15) is 5.40 Å². The molecule has 40 valence electrons. The van der Waals surface area contributed by atoms with Crippen molar-refractivity contribution in [3.05, 3.63) is 0 Å². The minimum Gasteiger partial charge on any atom is -0.194 e. The van der Waals surface area contributed by atoms with Crippen LogP contribution in [0.25, 0.3) is 0 Å². The standard InChI is InChI=1S/C2Cl2FNS/c3-2(4,5)7-1-6. The van der Waals surface area contributed by atoms with Crippen LogP contribution in [0.2, 0.25) is 0 Å². The Hall–Kier alpha value is 0.350. The second kappa shape index (κ2) is 2.61. The molecule has 0 atom stereocenters. The molecular formula is C2Cl2FNS. The van der Waals surface area contributed by atoms with Crippen LogP contribution < -0.4 is 0 Å². The summed E-state index contributed by atoms with van der Waals surface area (Å²) in [5, 5.41) is 9.09. The van der Waals surface area contributed by atoms with E-state index in [4.69, 9.17) is 5.26 Å². The number of halogens is 3. The largest absolute Gasteiger partial charge is 0.318 e. The number of nitrogens with zero attached hydrogens (tertiary/aromatic N) is 1. The van der Waals surface area contributed by atoms with Gasteiger partial charge in [0, 0.05) is 11.8 Å². The van der Waals surface area contributed by atoms with Crippen LogP contribution in [-0.2, 0) is 0 Å². The van der Waals surface area contributed by atoms with Gasteiger partial charge in [-0.25, -0.2) is 0 Å². The van der Waals surface area contributed by atoms with E-state index in [2.05, 4.69) is 23.2 Å². The topological polar surface area (TPSA) is 23.8 Å². The number of hydrogen-bond acceptors (Lipinski definition) is 2. The van der Waals surface area contributed by atoms with Crippen LogP contribution in [0.3, 0.4) is 0 Å². The van der Waals surface area contributed by atoms with Crippen LogP contribution in [0.5, 0.6) is 0 Å². The molecule has 7 heavy (non-hydrogen) atoms. The third-order valence-electron chi connectivity index (χ3n) is 0.161. The molecule has 0 aromatic rings. The summed E-state index contributed by atoms with van der Waals surface area (Å²) in [6.07, 6.45) is 0. The molecule has 0 aliphatic carbocycles. The van der Waals surface area contributed by atoms with Gasteiger partial charge in [-0.05, 0) is 0 Å². The molecule has 0 radical (unpaired) electrons. The second-order valence-electron chi connectivity index (χ2n) is 0.639. The lowest BCUT2D eigenvalue weighted by molar-refractivity contribution is 0.517. The van der Waals surface area contributed by atoms with Crippen LogP contribution >= 0.6 is 35.0 Å².